The number of aryl methyl sites for hydroxylation is 2. The maximum atomic E-state index is 13.3. The molecule has 5 heterocycles. The molecule has 260 valence electrons. The summed E-state index contributed by atoms with van der Waals surface area (Å²) in [7, 11) is 3.42. The zero-order chi connectivity index (χ0) is 35.5. The monoisotopic (exact) mass is 704 g/mol. The normalized spacial score (nSPS) is 13.3. The number of carbonyl (C=O) groups excluding carboxylic acids is 4. The summed E-state index contributed by atoms with van der Waals surface area (Å²) in [5.74, 6) is -1.29. The van der Waals surface area contributed by atoms with Crippen LogP contribution in [0, 0.1) is 0 Å². The summed E-state index contributed by atoms with van der Waals surface area (Å²) < 4.78 is 9.54. The maximum Gasteiger partial charge on any atom is 0.274 e. The van der Waals surface area contributed by atoms with Gasteiger partial charge < -0.3 is 35.1 Å². The third kappa shape index (κ3) is 7.67. The summed E-state index contributed by atoms with van der Waals surface area (Å²) >= 11 is 1.40. The van der Waals surface area contributed by atoms with E-state index in [0.29, 0.717) is 39.9 Å². The van der Waals surface area contributed by atoms with Crippen molar-refractivity contribution >= 4 is 72.9 Å². The van der Waals surface area contributed by atoms with Gasteiger partial charge in [-0.05, 0) is 53.2 Å². The summed E-state index contributed by atoms with van der Waals surface area (Å²) in [6, 6.07) is 19.9. The molecule has 1 aliphatic heterocycles. The lowest BCUT2D eigenvalue weighted by molar-refractivity contribution is 0.0383. The van der Waals surface area contributed by atoms with Crippen molar-refractivity contribution in [2.24, 2.45) is 14.1 Å². The molecule has 2 aromatic carbocycles. The van der Waals surface area contributed by atoms with Crippen molar-refractivity contribution in [2.45, 2.75) is 0 Å². The van der Waals surface area contributed by atoms with Crippen LogP contribution in [0.15, 0.2) is 85.3 Å². The van der Waals surface area contributed by atoms with Gasteiger partial charge >= 0.3 is 0 Å². The molecule has 6 aromatic rings. The van der Waals surface area contributed by atoms with Crippen LogP contribution in [-0.4, -0.2) is 82.0 Å². The summed E-state index contributed by atoms with van der Waals surface area (Å²) in [6.45, 7) is 4.51. The molecule has 1 saturated heterocycles. The van der Waals surface area contributed by atoms with Crippen LogP contribution in [0.2, 0.25) is 0 Å². The van der Waals surface area contributed by atoms with Gasteiger partial charge in [-0.2, -0.15) is 0 Å². The van der Waals surface area contributed by atoms with E-state index in [1.54, 1.807) is 66.1 Å². The van der Waals surface area contributed by atoms with Crippen LogP contribution in [0.1, 0.15) is 41.1 Å². The Labute approximate surface area is 297 Å². The Kier molecular flexibility index (Phi) is 9.61. The van der Waals surface area contributed by atoms with E-state index < -0.39 is 11.8 Å². The molecule has 1 fully saturated rings. The molecule has 13 nitrogen and oxygen atoms in total. The Morgan fingerprint density at radius 3 is 2.08 bits per heavy atom. The molecule has 0 atom stereocenters. The molecule has 51 heavy (non-hydrogen) atoms. The second-order valence-corrected chi connectivity index (χ2v) is 13.4. The molecule has 0 spiro atoms. The number of nitrogens with one attached hydrogen (secondary N) is 4. The molecular weight excluding hydrogens is 669 g/mol. The van der Waals surface area contributed by atoms with Crippen LogP contribution in [-0.2, 0) is 18.8 Å². The number of fused-ring (bicyclic) bond motifs is 2. The minimum absolute atomic E-state index is 0.122. The summed E-state index contributed by atoms with van der Waals surface area (Å²) in [5, 5.41) is 14.2. The fourth-order valence-electron chi connectivity index (χ4n) is 5.98. The standard InChI is InChI=1S/C37H36N8O5S/c1-43-21-27(41-34(46)29-16-23-5-3-4-6-24(23)20-39-29)18-31(43)36(48)42-28-19-30(44(2)22-28)35(47)40-26-7-8-32-25(15-26)17-33(51-32)37(49)38-9-10-45-11-13-50-14-12-45/h3-8,15-22H,9-14H2,1-2H3,(H,38,49)(H,40,47)(H,41,46)(H,42,48). The third-order valence-electron chi connectivity index (χ3n) is 8.67. The number of aromatic nitrogens is 3. The van der Waals surface area contributed by atoms with Crippen molar-refractivity contribution in [3.05, 3.63) is 107 Å². The molecular formula is C37H36N8O5S. The van der Waals surface area contributed by atoms with Gasteiger partial charge in [0.1, 0.15) is 17.1 Å². The van der Waals surface area contributed by atoms with Gasteiger partial charge in [-0.25, -0.2) is 0 Å². The predicted octanol–water partition coefficient (Wildman–Crippen LogP) is 4.95. The smallest absolute Gasteiger partial charge is 0.274 e. The number of anilines is 3. The van der Waals surface area contributed by atoms with E-state index in [9.17, 15) is 19.2 Å². The maximum absolute atomic E-state index is 13.3. The molecule has 7 rings (SSSR count). The zero-order valence-corrected chi connectivity index (χ0v) is 28.9. The lowest BCUT2D eigenvalue weighted by Gasteiger charge is -2.26. The van der Waals surface area contributed by atoms with E-state index in [-0.39, 0.29) is 17.5 Å². The Morgan fingerprint density at radius 1 is 0.725 bits per heavy atom. The van der Waals surface area contributed by atoms with E-state index in [1.165, 1.54) is 11.3 Å². The van der Waals surface area contributed by atoms with Crippen LogP contribution in [0.5, 0.6) is 0 Å². The number of hydrogen-bond donors (Lipinski definition) is 4. The van der Waals surface area contributed by atoms with Gasteiger partial charge in [0.2, 0.25) is 0 Å². The molecule has 0 bridgehead atoms. The van der Waals surface area contributed by atoms with Crippen LogP contribution < -0.4 is 21.3 Å². The second kappa shape index (κ2) is 14.6. The average molecular weight is 705 g/mol. The topological polar surface area (TPSA) is 152 Å². The molecule has 1 aliphatic rings. The molecule has 4 amide bonds. The van der Waals surface area contributed by atoms with E-state index in [2.05, 4.69) is 31.2 Å². The number of rotatable bonds is 10. The summed E-state index contributed by atoms with van der Waals surface area (Å²) in [6.07, 6.45) is 4.94. The Bertz CT molecular complexity index is 2280. The summed E-state index contributed by atoms with van der Waals surface area (Å²) in [4.78, 5) is 59.4. The number of amides is 4. The summed E-state index contributed by atoms with van der Waals surface area (Å²) in [5.41, 5.74) is 2.34. The van der Waals surface area contributed by atoms with Gasteiger partial charge in [-0.1, -0.05) is 24.3 Å². The van der Waals surface area contributed by atoms with Crippen LogP contribution in [0.4, 0.5) is 17.1 Å². The van der Waals surface area contributed by atoms with Gasteiger partial charge in [0.15, 0.2) is 0 Å². The van der Waals surface area contributed by atoms with Crippen molar-refractivity contribution in [1.29, 1.82) is 0 Å². The molecule has 0 unspecified atom stereocenters. The first-order valence-corrected chi connectivity index (χ1v) is 17.3. The van der Waals surface area contributed by atoms with Gasteiger partial charge in [-0.3, -0.25) is 29.1 Å². The Morgan fingerprint density at radius 2 is 1.37 bits per heavy atom. The van der Waals surface area contributed by atoms with Crippen molar-refractivity contribution in [3.63, 3.8) is 0 Å². The highest BCUT2D eigenvalue weighted by molar-refractivity contribution is 7.20. The van der Waals surface area contributed by atoms with Crippen molar-refractivity contribution in [1.82, 2.24) is 24.3 Å². The fourth-order valence-corrected chi connectivity index (χ4v) is 6.94. The van der Waals surface area contributed by atoms with E-state index in [4.69, 9.17) is 4.74 Å². The number of nitrogens with zero attached hydrogens (tertiary/aromatic N) is 4. The Hall–Kier alpha value is -5.83. The number of carbonyl (C=O) groups is 4. The average Bonchev–Trinajstić information content (AvgIpc) is 3.84. The van der Waals surface area contributed by atoms with Crippen molar-refractivity contribution < 1.29 is 23.9 Å². The fraction of sp³-hybridized carbons (Fsp3) is 0.216. The lowest BCUT2D eigenvalue weighted by Crippen LogP contribution is -2.41. The highest BCUT2D eigenvalue weighted by atomic mass is 32.1. The number of benzene rings is 2. The third-order valence-corrected chi connectivity index (χ3v) is 9.78. The number of pyridine rings is 1. The largest absolute Gasteiger partial charge is 0.379 e. The Balaban J connectivity index is 0.954. The SMILES string of the molecule is Cn1cc(NC(=O)c2cc3ccccc3cn2)cc1C(=O)Nc1cc(C(=O)Nc2ccc3sc(C(=O)NCCN4CCOCC4)cc3c2)n(C)c1. The minimum atomic E-state index is -0.414. The minimum Gasteiger partial charge on any atom is -0.379 e. The quantitative estimate of drug-likeness (QED) is 0.158. The van der Waals surface area contributed by atoms with Crippen molar-refractivity contribution in [3.8, 4) is 0 Å². The van der Waals surface area contributed by atoms with Crippen LogP contribution in [0.25, 0.3) is 20.9 Å². The molecule has 0 radical (unpaired) electrons. The van der Waals surface area contributed by atoms with Crippen LogP contribution >= 0.6 is 11.3 Å². The molecule has 0 saturated carbocycles. The van der Waals surface area contributed by atoms with E-state index >= 15 is 0 Å². The van der Waals surface area contributed by atoms with Gasteiger partial charge in [-0.15, -0.1) is 11.3 Å². The van der Waals surface area contributed by atoms with Gasteiger partial charge in [0, 0.05) is 74.6 Å². The number of hydrogen-bond acceptors (Lipinski definition) is 8. The predicted molar refractivity (Wildman–Crippen MR) is 198 cm³/mol. The molecule has 0 aliphatic carbocycles. The first-order valence-electron chi connectivity index (χ1n) is 16.4. The highest BCUT2D eigenvalue weighted by Crippen LogP contribution is 2.29. The van der Waals surface area contributed by atoms with Gasteiger partial charge in [0.05, 0.1) is 29.5 Å². The number of ether oxygens (including phenoxy) is 1. The van der Waals surface area contributed by atoms with E-state index in [1.807, 2.05) is 42.5 Å². The number of thiophene rings is 1. The van der Waals surface area contributed by atoms with E-state index in [0.717, 1.165) is 53.7 Å². The lowest BCUT2D eigenvalue weighted by atomic mass is 10.1. The molecule has 4 N–H and O–H groups in total. The number of morpholine rings is 1. The molecule has 14 heteroatoms. The van der Waals surface area contributed by atoms with Gasteiger partial charge in [0.25, 0.3) is 23.6 Å². The van der Waals surface area contributed by atoms with Crippen LogP contribution in [0.3, 0.4) is 0 Å². The van der Waals surface area contributed by atoms with Crippen molar-refractivity contribution in [2.75, 3.05) is 55.3 Å². The first kappa shape index (κ1) is 33.7. The highest BCUT2D eigenvalue weighted by Gasteiger charge is 2.19. The zero-order valence-electron chi connectivity index (χ0n) is 28.1. The first-order chi connectivity index (χ1) is 24.7. The second-order valence-electron chi connectivity index (χ2n) is 12.3. The molecule has 4 aromatic heterocycles.